The lowest BCUT2D eigenvalue weighted by atomic mass is 10.1. The van der Waals surface area contributed by atoms with E-state index in [0.717, 1.165) is 5.56 Å². The third-order valence-corrected chi connectivity index (χ3v) is 5.52. The molecule has 0 spiro atoms. The Labute approximate surface area is 214 Å². The van der Waals surface area contributed by atoms with Crippen LogP contribution in [0.3, 0.4) is 0 Å². The third-order valence-electron chi connectivity index (χ3n) is 4.93. The lowest BCUT2D eigenvalue weighted by Gasteiger charge is -2.15. The van der Waals surface area contributed by atoms with Crippen LogP contribution in [-0.2, 0) is 11.4 Å². The number of carbonyl (C=O) groups is 1. The number of benzene rings is 3. The highest BCUT2D eigenvalue weighted by Crippen LogP contribution is 2.38. The second-order valence-corrected chi connectivity index (χ2v) is 8.47. The second kappa shape index (κ2) is 12.6. The summed E-state index contributed by atoms with van der Waals surface area (Å²) in [7, 11) is 0. The number of nitrogens with one attached hydrogen (secondary N) is 1. The predicted octanol–water partition coefficient (Wildman–Crippen LogP) is 6.68. The van der Waals surface area contributed by atoms with E-state index in [1.54, 1.807) is 36.4 Å². The first-order valence-electron chi connectivity index (χ1n) is 11.2. The van der Waals surface area contributed by atoms with Crippen LogP contribution in [0.1, 0.15) is 30.5 Å². The van der Waals surface area contributed by atoms with Crippen LogP contribution in [0.25, 0.3) is 6.08 Å². The summed E-state index contributed by atoms with van der Waals surface area (Å²) in [5.41, 5.74) is 3.37. The van der Waals surface area contributed by atoms with Crippen molar-refractivity contribution in [1.29, 1.82) is 5.26 Å². The lowest BCUT2D eigenvalue weighted by molar-refractivity contribution is -0.112. The van der Waals surface area contributed by atoms with Crippen molar-refractivity contribution in [2.75, 3.05) is 18.5 Å². The quantitative estimate of drug-likeness (QED) is 0.231. The molecular formula is C28H27BrN2O4. The van der Waals surface area contributed by atoms with Crippen LogP contribution in [0.4, 0.5) is 5.69 Å². The zero-order valence-corrected chi connectivity index (χ0v) is 21.5. The van der Waals surface area contributed by atoms with E-state index in [1.807, 2.05) is 51.1 Å². The molecule has 0 atom stereocenters. The van der Waals surface area contributed by atoms with E-state index in [9.17, 15) is 10.1 Å². The number of carbonyl (C=O) groups excluding carboxylic acids is 1. The van der Waals surface area contributed by atoms with Crippen LogP contribution >= 0.6 is 15.9 Å². The van der Waals surface area contributed by atoms with Crippen molar-refractivity contribution in [1.82, 2.24) is 0 Å². The average molecular weight is 535 g/mol. The zero-order valence-electron chi connectivity index (χ0n) is 19.9. The number of ether oxygens (including phenoxy) is 3. The van der Waals surface area contributed by atoms with Gasteiger partial charge < -0.3 is 19.5 Å². The van der Waals surface area contributed by atoms with E-state index in [1.165, 1.54) is 11.6 Å². The third kappa shape index (κ3) is 7.36. The molecule has 0 unspecified atom stereocenters. The van der Waals surface area contributed by atoms with Crippen LogP contribution in [-0.4, -0.2) is 19.1 Å². The summed E-state index contributed by atoms with van der Waals surface area (Å²) in [6, 6.07) is 20.6. The van der Waals surface area contributed by atoms with Gasteiger partial charge in [-0.05, 0) is 90.3 Å². The Morgan fingerprint density at radius 3 is 2.31 bits per heavy atom. The van der Waals surface area contributed by atoms with E-state index in [-0.39, 0.29) is 5.57 Å². The van der Waals surface area contributed by atoms with Crippen LogP contribution in [0.15, 0.2) is 70.7 Å². The van der Waals surface area contributed by atoms with Crippen LogP contribution in [0.2, 0.25) is 0 Å². The molecule has 35 heavy (non-hydrogen) atoms. The smallest absolute Gasteiger partial charge is 0.266 e. The topological polar surface area (TPSA) is 80.6 Å². The Morgan fingerprint density at radius 2 is 1.69 bits per heavy atom. The maximum Gasteiger partial charge on any atom is 0.266 e. The van der Waals surface area contributed by atoms with Crippen LogP contribution in [0, 0.1) is 18.3 Å². The van der Waals surface area contributed by atoms with E-state index in [2.05, 4.69) is 21.2 Å². The fourth-order valence-corrected chi connectivity index (χ4v) is 3.80. The Morgan fingerprint density at radius 1 is 1.00 bits per heavy atom. The molecule has 0 fully saturated rings. The van der Waals surface area contributed by atoms with Crippen LogP contribution in [0.5, 0.6) is 17.2 Å². The lowest BCUT2D eigenvalue weighted by Crippen LogP contribution is -2.13. The number of anilines is 1. The second-order valence-electron chi connectivity index (χ2n) is 7.62. The minimum atomic E-state index is -0.509. The van der Waals surface area contributed by atoms with Gasteiger partial charge >= 0.3 is 0 Å². The summed E-state index contributed by atoms with van der Waals surface area (Å²) in [5.74, 6) is 1.27. The maximum atomic E-state index is 12.7. The van der Waals surface area contributed by atoms with E-state index in [4.69, 9.17) is 14.2 Å². The standard InChI is InChI=1S/C28H27BrN2O4/c1-4-33-24-12-10-23(11-13-24)31-28(32)22(17-30)14-21-15-25(29)27(26(16-21)34-5-2)35-18-20-8-6-19(3)7-9-20/h6-16H,4-5,18H2,1-3H3,(H,31,32)/b22-14-. The number of nitrogens with zero attached hydrogens (tertiary/aromatic N) is 1. The molecule has 0 aliphatic carbocycles. The molecule has 3 rings (SSSR count). The highest BCUT2D eigenvalue weighted by molar-refractivity contribution is 9.10. The number of hydrogen-bond donors (Lipinski definition) is 1. The number of hydrogen-bond acceptors (Lipinski definition) is 5. The molecule has 0 aliphatic heterocycles. The molecule has 3 aromatic rings. The Hall–Kier alpha value is -3.76. The molecule has 7 heteroatoms. The summed E-state index contributed by atoms with van der Waals surface area (Å²) < 4.78 is 17.9. The van der Waals surface area contributed by atoms with Crippen molar-refractivity contribution in [2.45, 2.75) is 27.4 Å². The van der Waals surface area contributed by atoms with Crippen molar-refractivity contribution in [3.8, 4) is 23.3 Å². The fraction of sp³-hybridized carbons (Fsp3) is 0.214. The zero-order chi connectivity index (χ0) is 25.2. The molecule has 6 nitrogen and oxygen atoms in total. The van der Waals surface area contributed by atoms with E-state index >= 15 is 0 Å². The minimum Gasteiger partial charge on any atom is -0.494 e. The first-order chi connectivity index (χ1) is 16.9. The number of halogens is 1. The highest BCUT2D eigenvalue weighted by Gasteiger charge is 2.15. The van der Waals surface area contributed by atoms with Gasteiger partial charge in [-0.3, -0.25) is 4.79 Å². The monoisotopic (exact) mass is 534 g/mol. The molecule has 1 N–H and O–H groups in total. The minimum absolute atomic E-state index is 0.0402. The van der Waals surface area contributed by atoms with Gasteiger partial charge in [0.1, 0.15) is 24.0 Å². The predicted molar refractivity (Wildman–Crippen MR) is 141 cm³/mol. The van der Waals surface area contributed by atoms with Gasteiger partial charge in [-0.2, -0.15) is 5.26 Å². The summed E-state index contributed by atoms with van der Waals surface area (Å²) in [6.07, 6.45) is 1.51. The van der Waals surface area contributed by atoms with Gasteiger partial charge in [0.05, 0.1) is 17.7 Å². The fourth-order valence-electron chi connectivity index (χ4n) is 3.23. The van der Waals surface area contributed by atoms with Gasteiger partial charge in [-0.25, -0.2) is 0 Å². The Bertz CT molecular complexity index is 1230. The summed E-state index contributed by atoms with van der Waals surface area (Å²) in [5, 5.41) is 12.3. The van der Waals surface area contributed by atoms with Crippen LogP contribution < -0.4 is 19.5 Å². The normalized spacial score (nSPS) is 10.9. The van der Waals surface area contributed by atoms with Crippen molar-refractivity contribution in [3.05, 3.63) is 87.4 Å². The van der Waals surface area contributed by atoms with E-state index < -0.39 is 5.91 Å². The largest absolute Gasteiger partial charge is 0.494 e. The number of rotatable bonds is 10. The highest BCUT2D eigenvalue weighted by atomic mass is 79.9. The molecular weight excluding hydrogens is 508 g/mol. The molecule has 0 aliphatic rings. The molecule has 0 saturated heterocycles. The average Bonchev–Trinajstić information content (AvgIpc) is 2.84. The number of aryl methyl sites for hydroxylation is 1. The first-order valence-corrected chi connectivity index (χ1v) is 12.0. The summed E-state index contributed by atoms with van der Waals surface area (Å²) in [6.45, 7) is 7.19. The molecule has 0 aromatic heterocycles. The van der Waals surface area contributed by atoms with Gasteiger partial charge in [0.25, 0.3) is 5.91 Å². The summed E-state index contributed by atoms with van der Waals surface area (Å²) >= 11 is 3.55. The van der Waals surface area contributed by atoms with Crippen molar-refractivity contribution >= 4 is 33.6 Å². The molecule has 180 valence electrons. The molecule has 3 aromatic carbocycles. The molecule has 0 bridgehead atoms. The van der Waals surface area contributed by atoms with Crippen molar-refractivity contribution in [2.24, 2.45) is 0 Å². The van der Waals surface area contributed by atoms with Crippen molar-refractivity contribution in [3.63, 3.8) is 0 Å². The summed E-state index contributed by atoms with van der Waals surface area (Å²) in [4.78, 5) is 12.7. The molecule has 0 saturated carbocycles. The van der Waals surface area contributed by atoms with Gasteiger partial charge in [0.2, 0.25) is 0 Å². The number of nitriles is 1. The van der Waals surface area contributed by atoms with Gasteiger partial charge in [-0.1, -0.05) is 29.8 Å². The number of amides is 1. The molecule has 0 radical (unpaired) electrons. The SMILES string of the molecule is CCOc1ccc(NC(=O)/C(C#N)=C\c2cc(Br)c(OCc3ccc(C)cc3)c(OCC)c2)cc1. The Kier molecular flexibility index (Phi) is 9.33. The maximum absolute atomic E-state index is 12.7. The molecule has 1 amide bonds. The Balaban J connectivity index is 1.79. The van der Waals surface area contributed by atoms with Gasteiger partial charge in [-0.15, -0.1) is 0 Å². The first kappa shape index (κ1) is 25.9. The van der Waals surface area contributed by atoms with Crippen molar-refractivity contribution < 1.29 is 19.0 Å². The van der Waals surface area contributed by atoms with Gasteiger partial charge in [0, 0.05) is 5.69 Å². The van der Waals surface area contributed by atoms with Gasteiger partial charge in [0.15, 0.2) is 11.5 Å². The molecule has 0 heterocycles. The van der Waals surface area contributed by atoms with E-state index in [0.29, 0.717) is 52.8 Å².